The van der Waals surface area contributed by atoms with Gasteiger partial charge in [0.2, 0.25) is 10.9 Å². The number of rotatable bonds is 4. The predicted molar refractivity (Wildman–Crippen MR) is 99.2 cm³/mol. The Balaban J connectivity index is 1.81. The largest absolute Gasteiger partial charge is 0.304 e. The van der Waals surface area contributed by atoms with E-state index in [1.807, 2.05) is 16.6 Å². The van der Waals surface area contributed by atoms with E-state index in [4.69, 9.17) is 5.10 Å². The highest BCUT2D eigenvalue weighted by atomic mass is 32.2. The van der Waals surface area contributed by atoms with Crippen molar-refractivity contribution in [2.24, 2.45) is 0 Å². The third-order valence-electron chi connectivity index (χ3n) is 4.30. The monoisotopic (exact) mass is 348 g/mol. The van der Waals surface area contributed by atoms with Crippen LogP contribution in [0.2, 0.25) is 0 Å². The van der Waals surface area contributed by atoms with Gasteiger partial charge in [-0.2, -0.15) is 4.52 Å². The van der Waals surface area contributed by atoms with Crippen LogP contribution in [0.1, 0.15) is 12.5 Å². The number of hydrogen-bond acceptors (Lipinski definition) is 4. The molecule has 5 aromatic rings. The molecular formula is C18H16N6S. The summed E-state index contributed by atoms with van der Waals surface area (Å²) in [6.45, 7) is 2.87. The zero-order chi connectivity index (χ0) is 16.8. The molecule has 0 aliphatic carbocycles. The van der Waals surface area contributed by atoms with E-state index in [0.717, 1.165) is 40.0 Å². The maximum atomic E-state index is 4.82. The molecule has 0 N–H and O–H groups in total. The van der Waals surface area contributed by atoms with Crippen molar-refractivity contribution >= 4 is 34.4 Å². The molecule has 3 aromatic heterocycles. The summed E-state index contributed by atoms with van der Waals surface area (Å²) >= 11 is 1.65. The van der Waals surface area contributed by atoms with Crippen molar-refractivity contribution in [3.05, 3.63) is 60.2 Å². The lowest BCUT2D eigenvalue weighted by atomic mass is 10.2. The van der Waals surface area contributed by atoms with E-state index in [-0.39, 0.29) is 0 Å². The van der Waals surface area contributed by atoms with Gasteiger partial charge in [-0.05, 0) is 23.4 Å². The van der Waals surface area contributed by atoms with Crippen molar-refractivity contribution in [2.75, 3.05) is 5.75 Å². The fourth-order valence-corrected chi connectivity index (χ4v) is 3.83. The zero-order valence-corrected chi connectivity index (χ0v) is 14.5. The van der Waals surface area contributed by atoms with Crippen molar-refractivity contribution in [1.29, 1.82) is 0 Å². The van der Waals surface area contributed by atoms with Gasteiger partial charge >= 0.3 is 0 Å². The van der Waals surface area contributed by atoms with Crippen LogP contribution < -0.4 is 0 Å². The Morgan fingerprint density at radius 1 is 0.880 bits per heavy atom. The van der Waals surface area contributed by atoms with Crippen LogP contribution in [0.3, 0.4) is 0 Å². The van der Waals surface area contributed by atoms with Gasteiger partial charge < -0.3 is 4.57 Å². The quantitative estimate of drug-likeness (QED) is 0.467. The second-order valence-electron chi connectivity index (χ2n) is 5.82. The summed E-state index contributed by atoms with van der Waals surface area (Å²) in [5.41, 5.74) is 3.48. The second kappa shape index (κ2) is 5.63. The molecule has 0 saturated carbocycles. The molecule has 0 aliphatic heterocycles. The van der Waals surface area contributed by atoms with Crippen LogP contribution in [0.25, 0.3) is 22.6 Å². The number of fused-ring (bicyclic) bond motifs is 5. The number of para-hydroxylation sites is 2. The highest BCUT2D eigenvalue weighted by Gasteiger charge is 2.19. The molecule has 0 unspecified atom stereocenters. The molecule has 0 saturated heterocycles. The molecule has 0 aliphatic rings. The Morgan fingerprint density at radius 3 is 2.44 bits per heavy atom. The molecule has 6 nitrogen and oxygen atoms in total. The summed E-state index contributed by atoms with van der Waals surface area (Å²) < 4.78 is 6.17. The molecule has 0 bridgehead atoms. The molecule has 0 spiro atoms. The molecule has 0 atom stereocenters. The molecule has 0 fully saturated rings. The minimum absolute atomic E-state index is 0.758. The number of hydrogen-bond donors (Lipinski definition) is 0. The minimum atomic E-state index is 0.758. The molecular weight excluding hydrogens is 332 g/mol. The average Bonchev–Trinajstić information content (AvgIpc) is 3.28. The van der Waals surface area contributed by atoms with Crippen LogP contribution in [0.15, 0.2) is 59.8 Å². The van der Waals surface area contributed by atoms with Gasteiger partial charge in [0.1, 0.15) is 0 Å². The predicted octanol–water partition coefficient (Wildman–Crippen LogP) is 3.49. The van der Waals surface area contributed by atoms with Crippen LogP contribution in [-0.2, 0) is 6.54 Å². The Kier molecular flexibility index (Phi) is 3.27. The summed E-state index contributed by atoms with van der Waals surface area (Å²) in [5.74, 6) is 2.58. The normalized spacial score (nSPS) is 11.9. The average molecular weight is 348 g/mol. The molecule has 124 valence electrons. The van der Waals surface area contributed by atoms with Crippen molar-refractivity contribution in [1.82, 2.24) is 28.8 Å². The van der Waals surface area contributed by atoms with Crippen molar-refractivity contribution in [3.63, 3.8) is 0 Å². The summed E-state index contributed by atoms with van der Waals surface area (Å²) in [6.07, 6.45) is 0. The van der Waals surface area contributed by atoms with Gasteiger partial charge in [0, 0.05) is 0 Å². The standard InChI is InChI=1S/C18H16N6S/c1-2-25-18-20-19-16-23-15-11-7-6-10-14(15)22(17(23)21-24(16)18)12-13-8-4-3-5-9-13/h3-11H,2,12H2,1H3. The molecule has 5 rings (SSSR count). The fourth-order valence-electron chi connectivity index (χ4n) is 3.23. The van der Waals surface area contributed by atoms with Gasteiger partial charge in [0.05, 0.1) is 17.6 Å². The smallest absolute Gasteiger partial charge is 0.260 e. The van der Waals surface area contributed by atoms with Crippen LogP contribution in [0.4, 0.5) is 0 Å². The van der Waals surface area contributed by atoms with Gasteiger partial charge in [-0.15, -0.1) is 15.3 Å². The third kappa shape index (κ3) is 2.16. The van der Waals surface area contributed by atoms with E-state index >= 15 is 0 Å². The number of benzene rings is 2. The van der Waals surface area contributed by atoms with Crippen LogP contribution >= 0.6 is 11.8 Å². The lowest BCUT2D eigenvalue weighted by Crippen LogP contribution is -2.01. The number of nitrogens with zero attached hydrogens (tertiary/aromatic N) is 6. The summed E-state index contributed by atoms with van der Waals surface area (Å²) in [5, 5.41) is 14.3. The molecule has 3 heterocycles. The first-order valence-corrected chi connectivity index (χ1v) is 9.23. The Labute approximate surface area is 148 Å². The lowest BCUT2D eigenvalue weighted by molar-refractivity contribution is 0.792. The first-order chi connectivity index (χ1) is 12.4. The van der Waals surface area contributed by atoms with E-state index in [1.54, 1.807) is 11.8 Å². The maximum Gasteiger partial charge on any atom is 0.260 e. The lowest BCUT2D eigenvalue weighted by Gasteiger charge is -2.05. The SMILES string of the molecule is CCSc1nnc2n1nc1n(Cc3ccccc3)c3ccccc3n12. The van der Waals surface area contributed by atoms with Crippen LogP contribution in [-0.4, -0.2) is 34.5 Å². The summed E-state index contributed by atoms with van der Waals surface area (Å²) in [4.78, 5) is 0. The van der Waals surface area contributed by atoms with E-state index in [0.29, 0.717) is 0 Å². The Bertz CT molecular complexity index is 1180. The molecule has 25 heavy (non-hydrogen) atoms. The van der Waals surface area contributed by atoms with Crippen molar-refractivity contribution < 1.29 is 0 Å². The maximum absolute atomic E-state index is 4.82. The number of imidazole rings is 1. The summed E-state index contributed by atoms with van der Waals surface area (Å²) in [7, 11) is 0. The van der Waals surface area contributed by atoms with Crippen molar-refractivity contribution in [3.8, 4) is 0 Å². The van der Waals surface area contributed by atoms with Crippen LogP contribution in [0.5, 0.6) is 0 Å². The number of aromatic nitrogens is 6. The first-order valence-electron chi connectivity index (χ1n) is 8.24. The Hall–Kier alpha value is -2.80. The fraction of sp³-hybridized carbons (Fsp3) is 0.167. The van der Waals surface area contributed by atoms with Gasteiger partial charge in [0.25, 0.3) is 5.78 Å². The van der Waals surface area contributed by atoms with E-state index in [2.05, 4.69) is 68.6 Å². The van der Waals surface area contributed by atoms with Gasteiger partial charge in [-0.1, -0.05) is 61.2 Å². The van der Waals surface area contributed by atoms with E-state index in [1.165, 1.54) is 5.56 Å². The van der Waals surface area contributed by atoms with E-state index in [9.17, 15) is 0 Å². The minimum Gasteiger partial charge on any atom is -0.304 e. The van der Waals surface area contributed by atoms with Gasteiger partial charge in [0.15, 0.2) is 0 Å². The molecule has 0 amide bonds. The van der Waals surface area contributed by atoms with E-state index < -0.39 is 0 Å². The first kappa shape index (κ1) is 14.5. The van der Waals surface area contributed by atoms with Gasteiger partial charge in [-0.25, -0.2) is 4.40 Å². The third-order valence-corrected chi connectivity index (χ3v) is 5.10. The zero-order valence-electron chi connectivity index (χ0n) is 13.7. The molecule has 2 aromatic carbocycles. The van der Waals surface area contributed by atoms with Crippen molar-refractivity contribution in [2.45, 2.75) is 18.6 Å². The molecule has 7 heteroatoms. The van der Waals surface area contributed by atoms with Crippen LogP contribution in [0, 0.1) is 0 Å². The molecule has 0 radical (unpaired) electrons. The number of thioether (sulfide) groups is 1. The highest BCUT2D eigenvalue weighted by molar-refractivity contribution is 7.99. The highest BCUT2D eigenvalue weighted by Crippen LogP contribution is 2.25. The Morgan fingerprint density at radius 2 is 1.64 bits per heavy atom. The topological polar surface area (TPSA) is 52.4 Å². The summed E-state index contributed by atoms with van der Waals surface area (Å²) in [6, 6.07) is 18.8. The van der Waals surface area contributed by atoms with Gasteiger partial charge in [-0.3, -0.25) is 0 Å². The second-order valence-corrected chi connectivity index (χ2v) is 7.05.